The topological polar surface area (TPSA) is 103 Å². The third kappa shape index (κ3) is 5.11. The van der Waals surface area contributed by atoms with Gasteiger partial charge in [0.2, 0.25) is 5.91 Å². The van der Waals surface area contributed by atoms with Crippen LogP contribution in [0.25, 0.3) is 17.3 Å². The van der Waals surface area contributed by atoms with Gasteiger partial charge in [-0.15, -0.1) is 10.2 Å². The molecule has 0 saturated carbocycles. The molecule has 0 aliphatic carbocycles. The fraction of sp³-hybridized carbons (Fsp3) is 0.304. The average molecular weight is 463 g/mol. The molecule has 4 rings (SSSR count). The van der Waals surface area contributed by atoms with Crippen molar-refractivity contribution in [3.8, 4) is 17.3 Å². The van der Waals surface area contributed by atoms with Gasteiger partial charge in [-0.2, -0.15) is 9.78 Å². The van der Waals surface area contributed by atoms with Gasteiger partial charge >= 0.3 is 0 Å². The fourth-order valence-corrected chi connectivity index (χ4v) is 4.33. The maximum absolute atomic E-state index is 12.8. The second-order valence-electron chi connectivity index (χ2n) is 7.79. The molecule has 170 valence electrons. The molecule has 0 spiro atoms. The molecule has 1 amide bonds. The number of hydrogen-bond donors (Lipinski definition) is 1. The standard InChI is InChI=1S/C23H26N8OS/c1-6-30-21(18-9-7-8-14(2)10-18)27-28-23(30)33-13-20(32)26-19-12-17(5)29-31(19)22-24-15(3)11-16(4)25-22/h7-12H,6,13H2,1-5H3,(H,26,32). The van der Waals surface area contributed by atoms with Crippen molar-refractivity contribution in [1.82, 2.24) is 34.5 Å². The van der Waals surface area contributed by atoms with E-state index in [1.807, 2.05) is 63.5 Å². The summed E-state index contributed by atoms with van der Waals surface area (Å²) in [7, 11) is 0. The highest BCUT2D eigenvalue weighted by atomic mass is 32.2. The Hall–Kier alpha value is -3.53. The van der Waals surface area contributed by atoms with E-state index in [0.29, 0.717) is 23.5 Å². The van der Waals surface area contributed by atoms with Crippen molar-refractivity contribution >= 4 is 23.5 Å². The average Bonchev–Trinajstić information content (AvgIpc) is 3.34. The van der Waals surface area contributed by atoms with Gasteiger partial charge in [0.1, 0.15) is 5.82 Å². The molecule has 0 bridgehead atoms. The molecule has 0 fully saturated rings. The largest absolute Gasteiger partial charge is 0.310 e. The lowest BCUT2D eigenvalue weighted by atomic mass is 10.1. The predicted octanol–water partition coefficient (Wildman–Crippen LogP) is 3.91. The summed E-state index contributed by atoms with van der Waals surface area (Å²) in [6.45, 7) is 10.5. The number of anilines is 1. The van der Waals surface area contributed by atoms with Crippen LogP contribution in [-0.4, -0.2) is 46.2 Å². The van der Waals surface area contributed by atoms with Crippen molar-refractivity contribution in [2.24, 2.45) is 0 Å². The van der Waals surface area contributed by atoms with Crippen LogP contribution in [0.2, 0.25) is 0 Å². The summed E-state index contributed by atoms with van der Waals surface area (Å²) in [6, 6.07) is 11.8. The SMILES string of the molecule is CCn1c(SCC(=O)Nc2cc(C)nn2-c2nc(C)cc(C)n2)nnc1-c1cccc(C)c1. The fourth-order valence-electron chi connectivity index (χ4n) is 3.53. The number of hydrogen-bond acceptors (Lipinski definition) is 7. The first-order valence-corrected chi connectivity index (χ1v) is 11.6. The van der Waals surface area contributed by atoms with Crippen LogP contribution in [-0.2, 0) is 11.3 Å². The van der Waals surface area contributed by atoms with Gasteiger partial charge in [-0.1, -0.05) is 35.5 Å². The second kappa shape index (κ2) is 9.53. The number of amides is 1. The van der Waals surface area contributed by atoms with Gasteiger partial charge in [0.05, 0.1) is 11.4 Å². The van der Waals surface area contributed by atoms with Gasteiger partial charge in [0.25, 0.3) is 5.95 Å². The summed E-state index contributed by atoms with van der Waals surface area (Å²) in [5, 5.41) is 16.8. The van der Waals surface area contributed by atoms with Gasteiger partial charge in [0.15, 0.2) is 11.0 Å². The van der Waals surface area contributed by atoms with Crippen LogP contribution in [0.1, 0.15) is 29.6 Å². The highest BCUT2D eigenvalue weighted by molar-refractivity contribution is 7.99. The Kier molecular flexibility index (Phi) is 6.55. The molecule has 0 aliphatic heterocycles. The smallest absolute Gasteiger partial charge is 0.252 e. The van der Waals surface area contributed by atoms with E-state index in [-0.39, 0.29) is 11.7 Å². The van der Waals surface area contributed by atoms with E-state index in [9.17, 15) is 4.79 Å². The van der Waals surface area contributed by atoms with Crippen molar-refractivity contribution < 1.29 is 4.79 Å². The molecule has 10 heteroatoms. The third-order valence-corrected chi connectivity index (χ3v) is 5.87. The normalized spacial score (nSPS) is 11.1. The molecule has 0 atom stereocenters. The van der Waals surface area contributed by atoms with E-state index in [1.54, 1.807) is 10.7 Å². The summed E-state index contributed by atoms with van der Waals surface area (Å²) in [6.07, 6.45) is 0. The van der Waals surface area contributed by atoms with Crippen LogP contribution in [0.5, 0.6) is 0 Å². The van der Waals surface area contributed by atoms with Crippen molar-refractivity contribution in [1.29, 1.82) is 0 Å². The molecule has 0 unspecified atom stereocenters. The lowest BCUT2D eigenvalue weighted by Gasteiger charge is -2.09. The molecule has 0 saturated heterocycles. The number of nitrogens with one attached hydrogen (secondary N) is 1. The highest BCUT2D eigenvalue weighted by Crippen LogP contribution is 2.25. The minimum absolute atomic E-state index is 0.173. The molecule has 1 aromatic carbocycles. The minimum atomic E-state index is -0.173. The van der Waals surface area contributed by atoms with E-state index in [0.717, 1.165) is 34.0 Å². The van der Waals surface area contributed by atoms with E-state index in [4.69, 9.17) is 0 Å². The molecular weight excluding hydrogens is 436 g/mol. The molecule has 3 aromatic heterocycles. The van der Waals surface area contributed by atoms with Crippen molar-refractivity contribution in [3.05, 3.63) is 59.0 Å². The van der Waals surface area contributed by atoms with Crippen LogP contribution in [0.3, 0.4) is 0 Å². The predicted molar refractivity (Wildman–Crippen MR) is 129 cm³/mol. The van der Waals surface area contributed by atoms with Crippen LogP contribution < -0.4 is 5.32 Å². The Balaban J connectivity index is 1.49. The first kappa shape index (κ1) is 22.7. The van der Waals surface area contributed by atoms with Gasteiger partial charge < -0.3 is 9.88 Å². The summed E-state index contributed by atoms with van der Waals surface area (Å²) in [5.41, 5.74) is 4.60. The zero-order valence-electron chi connectivity index (χ0n) is 19.3. The molecule has 0 aliphatic rings. The van der Waals surface area contributed by atoms with Gasteiger partial charge in [-0.25, -0.2) is 9.97 Å². The summed E-state index contributed by atoms with van der Waals surface area (Å²) >= 11 is 1.35. The van der Waals surface area contributed by atoms with E-state index in [1.165, 1.54) is 11.8 Å². The van der Waals surface area contributed by atoms with Crippen molar-refractivity contribution in [3.63, 3.8) is 0 Å². The van der Waals surface area contributed by atoms with Crippen LogP contribution >= 0.6 is 11.8 Å². The Morgan fingerprint density at radius 2 is 1.76 bits per heavy atom. The number of aryl methyl sites for hydroxylation is 4. The Morgan fingerprint density at radius 1 is 1.00 bits per heavy atom. The maximum atomic E-state index is 12.8. The number of aromatic nitrogens is 7. The van der Waals surface area contributed by atoms with Crippen LogP contribution in [0.4, 0.5) is 5.82 Å². The highest BCUT2D eigenvalue weighted by Gasteiger charge is 2.17. The summed E-state index contributed by atoms with van der Waals surface area (Å²) in [5.74, 6) is 1.76. The summed E-state index contributed by atoms with van der Waals surface area (Å²) < 4.78 is 3.58. The Morgan fingerprint density at radius 3 is 2.45 bits per heavy atom. The van der Waals surface area contributed by atoms with Crippen LogP contribution in [0, 0.1) is 27.7 Å². The molecule has 9 nitrogen and oxygen atoms in total. The lowest BCUT2D eigenvalue weighted by molar-refractivity contribution is -0.113. The lowest BCUT2D eigenvalue weighted by Crippen LogP contribution is -2.18. The number of carbonyl (C=O) groups is 1. The maximum Gasteiger partial charge on any atom is 0.252 e. The number of thioether (sulfide) groups is 1. The third-order valence-electron chi connectivity index (χ3n) is 4.90. The zero-order chi connectivity index (χ0) is 23.5. The molecular formula is C23H26N8OS. The Bertz CT molecular complexity index is 1290. The number of carbonyl (C=O) groups excluding carboxylic acids is 1. The van der Waals surface area contributed by atoms with E-state index in [2.05, 4.69) is 36.6 Å². The minimum Gasteiger partial charge on any atom is -0.310 e. The van der Waals surface area contributed by atoms with Crippen molar-refractivity contribution in [2.75, 3.05) is 11.1 Å². The zero-order valence-corrected chi connectivity index (χ0v) is 20.1. The van der Waals surface area contributed by atoms with Crippen molar-refractivity contribution in [2.45, 2.75) is 46.3 Å². The quantitative estimate of drug-likeness (QED) is 0.415. The van der Waals surface area contributed by atoms with Gasteiger partial charge in [-0.05, 0) is 46.8 Å². The van der Waals surface area contributed by atoms with E-state index < -0.39 is 0 Å². The molecule has 3 heterocycles. The molecule has 4 aromatic rings. The van der Waals surface area contributed by atoms with Gasteiger partial charge in [0, 0.05) is 29.6 Å². The molecule has 0 radical (unpaired) electrons. The van der Waals surface area contributed by atoms with E-state index >= 15 is 0 Å². The Labute approximate surface area is 196 Å². The molecule has 1 N–H and O–H groups in total. The second-order valence-corrected chi connectivity index (χ2v) is 8.73. The number of rotatable bonds is 7. The number of nitrogens with zero attached hydrogens (tertiary/aromatic N) is 7. The molecule has 33 heavy (non-hydrogen) atoms. The number of benzene rings is 1. The first-order chi connectivity index (χ1) is 15.8. The monoisotopic (exact) mass is 462 g/mol. The summed E-state index contributed by atoms with van der Waals surface area (Å²) in [4.78, 5) is 21.7. The van der Waals surface area contributed by atoms with Gasteiger partial charge in [-0.3, -0.25) is 4.79 Å². The van der Waals surface area contributed by atoms with Crippen LogP contribution in [0.15, 0.2) is 41.6 Å². The first-order valence-electron chi connectivity index (χ1n) is 10.7.